The van der Waals surface area contributed by atoms with Gasteiger partial charge >= 0.3 is 0 Å². The molecule has 4 aromatic rings. The lowest BCUT2D eigenvalue weighted by Crippen LogP contribution is -2.21. The number of carbonyl (C=O) groups excluding carboxylic acids is 1. The zero-order chi connectivity index (χ0) is 22.1. The number of nitrogens with one attached hydrogen (secondary N) is 1. The molecule has 3 aromatic heterocycles. The maximum atomic E-state index is 13.2. The average Bonchev–Trinajstić information content (AvgIpc) is 3.44. The fourth-order valence-electron chi connectivity index (χ4n) is 3.84. The summed E-state index contributed by atoms with van der Waals surface area (Å²) in [6, 6.07) is 7.13. The molecule has 1 atom stereocenters. The zero-order valence-electron chi connectivity index (χ0n) is 17.4. The molecule has 1 amide bonds. The monoisotopic (exact) mass is 452 g/mol. The van der Waals surface area contributed by atoms with Crippen molar-refractivity contribution in [1.29, 1.82) is 0 Å². The molecular weight excluding hydrogens is 432 g/mol. The first-order chi connectivity index (χ1) is 15.6. The van der Waals surface area contributed by atoms with Crippen molar-refractivity contribution in [3.8, 4) is 17.0 Å². The summed E-state index contributed by atoms with van der Waals surface area (Å²) in [5.41, 5.74) is 2.62. The Morgan fingerprint density at radius 3 is 3.09 bits per heavy atom. The summed E-state index contributed by atoms with van der Waals surface area (Å²) >= 11 is 6.27. The van der Waals surface area contributed by atoms with Crippen LogP contribution in [0.4, 0.5) is 5.69 Å². The van der Waals surface area contributed by atoms with Crippen LogP contribution in [0, 0.1) is 0 Å². The number of carbonyl (C=O) groups is 1. The fraction of sp³-hybridized carbons (Fsp3) is 0.273. The van der Waals surface area contributed by atoms with E-state index in [9.17, 15) is 4.79 Å². The summed E-state index contributed by atoms with van der Waals surface area (Å²) in [5.74, 6) is 0.271. The Kier molecular flexibility index (Phi) is 5.50. The largest absolute Gasteiger partial charge is 0.496 e. The lowest BCUT2D eigenvalue weighted by Gasteiger charge is -2.22. The van der Waals surface area contributed by atoms with E-state index in [2.05, 4.69) is 15.4 Å². The first-order valence-electron chi connectivity index (χ1n) is 10.2. The second kappa shape index (κ2) is 8.60. The highest BCUT2D eigenvalue weighted by Crippen LogP contribution is 2.37. The predicted octanol–water partition coefficient (Wildman–Crippen LogP) is 3.86. The van der Waals surface area contributed by atoms with Gasteiger partial charge in [0, 0.05) is 35.8 Å². The smallest absolute Gasteiger partial charge is 0.261 e. The van der Waals surface area contributed by atoms with Gasteiger partial charge in [-0.1, -0.05) is 11.6 Å². The van der Waals surface area contributed by atoms with E-state index in [1.54, 1.807) is 48.3 Å². The van der Waals surface area contributed by atoms with Crippen LogP contribution in [0.3, 0.4) is 0 Å². The first kappa shape index (κ1) is 20.5. The number of amides is 1. The van der Waals surface area contributed by atoms with Crippen LogP contribution in [-0.2, 0) is 4.74 Å². The molecule has 4 heterocycles. The van der Waals surface area contributed by atoms with Crippen molar-refractivity contribution in [2.75, 3.05) is 25.6 Å². The number of benzene rings is 1. The highest BCUT2D eigenvalue weighted by molar-refractivity contribution is 6.31. The van der Waals surface area contributed by atoms with E-state index in [1.807, 2.05) is 10.9 Å². The van der Waals surface area contributed by atoms with Crippen LogP contribution in [-0.4, -0.2) is 50.6 Å². The summed E-state index contributed by atoms with van der Waals surface area (Å²) in [5, 5.41) is 12.5. The predicted molar refractivity (Wildman–Crippen MR) is 119 cm³/mol. The number of hydrogen-bond donors (Lipinski definition) is 1. The van der Waals surface area contributed by atoms with Crippen LogP contribution < -0.4 is 10.1 Å². The Balaban J connectivity index is 1.56. The molecule has 0 aliphatic carbocycles. The van der Waals surface area contributed by atoms with Crippen LogP contribution >= 0.6 is 11.6 Å². The second-order valence-corrected chi connectivity index (χ2v) is 7.92. The van der Waals surface area contributed by atoms with Gasteiger partial charge in [0.05, 0.1) is 31.6 Å². The molecule has 32 heavy (non-hydrogen) atoms. The summed E-state index contributed by atoms with van der Waals surface area (Å²) < 4.78 is 14.6. The summed E-state index contributed by atoms with van der Waals surface area (Å²) in [6.07, 6.45) is 8.58. The van der Waals surface area contributed by atoms with Gasteiger partial charge < -0.3 is 14.8 Å². The van der Waals surface area contributed by atoms with Crippen molar-refractivity contribution < 1.29 is 14.3 Å². The number of ether oxygens (including phenoxy) is 2. The standard InChI is InChI=1S/C22H21ClN6O3/c1-31-19-6-5-14(23)10-16(19)20-18(12-29(27-20)15-4-2-9-32-13-15)26-22(30)17-11-25-28-8-3-7-24-21(17)28/h3,5-8,10-12,15H,2,4,9,13H2,1H3,(H,26,30). The molecule has 5 rings (SSSR count). The fourth-order valence-corrected chi connectivity index (χ4v) is 4.02. The van der Waals surface area contributed by atoms with E-state index < -0.39 is 0 Å². The van der Waals surface area contributed by atoms with Crippen LogP contribution in [0.25, 0.3) is 16.9 Å². The Bertz CT molecular complexity index is 1280. The minimum Gasteiger partial charge on any atom is -0.496 e. The highest BCUT2D eigenvalue weighted by atomic mass is 35.5. The SMILES string of the molecule is COc1ccc(Cl)cc1-c1nn(C2CCCOC2)cc1NC(=O)c1cnn2cccnc12. The van der Waals surface area contributed by atoms with Crippen LogP contribution in [0.2, 0.25) is 5.02 Å². The molecule has 1 saturated heterocycles. The molecule has 1 unspecified atom stereocenters. The number of anilines is 1. The third kappa shape index (κ3) is 3.80. The molecule has 164 valence electrons. The molecule has 1 aliphatic rings. The van der Waals surface area contributed by atoms with Gasteiger partial charge in [0.1, 0.15) is 17.0 Å². The van der Waals surface area contributed by atoms with Gasteiger partial charge in [-0.2, -0.15) is 10.2 Å². The van der Waals surface area contributed by atoms with Gasteiger partial charge in [0.25, 0.3) is 5.91 Å². The number of fused-ring (bicyclic) bond motifs is 1. The normalized spacial score (nSPS) is 16.2. The van der Waals surface area contributed by atoms with Gasteiger partial charge in [0.15, 0.2) is 5.65 Å². The van der Waals surface area contributed by atoms with Crippen molar-refractivity contribution in [2.24, 2.45) is 0 Å². The molecule has 0 bridgehead atoms. The number of aromatic nitrogens is 5. The Morgan fingerprint density at radius 1 is 1.38 bits per heavy atom. The molecule has 0 saturated carbocycles. The lowest BCUT2D eigenvalue weighted by molar-refractivity contribution is 0.0550. The second-order valence-electron chi connectivity index (χ2n) is 7.49. The van der Waals surface area contributed by atoms with Gasteiger partial charge in [0.2, 0.25) is 0 Å². The molecule has 1 fully saturated rings. The molecule has 0 radical (unpaired) electrons. The quantitative estimate of drug-likeness (QED) is 0.494. The zero-order valence-corrected chi connectivity index (χ0v) is 18.1. The summed E-state index contributed by atoms with van der Waals surface area (Å²) in [7, 11) is 1.58. The van der Waals surface area contributed by atoms with Gasteiger partial charge in [-0.05, 0) is 37.1 Å². The molecule has 1 aromatic carbocycles. The number of rotatable bonds is 5. The van der Waals surface area contributed by atoms with Crippen molar-refractivity contribution in [2.45, 2.75) is 18.9 Å². The third-order valence-electron chi connectivity index (χ3n) is 5.43. The maximum Gasteiger partial charge on any atom is 0.261 e. The van der Waals surface area contributed by atoms with Crippen LogP contribution in [0.15, 0.2) is 49.1 Å². The first-order valence-corrected chi connectivity index (χ1v) is 10.6. The Morgan fingerprint density at radius 2 is 2.28 bits per heavy atom. The third-order valence-corrected chi connectivity index (χ3v) is 5.67. The highest BCUT2D eigenvalue weighted by Gasteiger charge is 2.24. The van der Waals surface area contributed by atoms with Crippen molar-refractivity contribution >= 4 is 28.8 Å². The molecule has 10 heteroatoms. The van der Waals surface area contributed by atoms with E-state index in [1.165, 1.54) is 6.20 Å². The number of nitrogens with zero attached hydrogens (tertiary/aromatic N) is 5. The molecular formula is C22H21ClN6O3. The number of hydrogen-bond acceptors (Lipinski definition) is 6. The maximum absolute atomic E-state index is 13.2. The lowest BCUT2D eigenvalue weighted by atomic mass is 10.1. The molecule has 0 spiro atoms. The van der Waals surface area contributed by atoms with E-state index in [0.717, 1.165) is 19.4 Å². The van der Waals surface area contributed by atoms with E-state index >= 15 is 0 Å². The number of methoxy groups -OCH3 is 1. The van der Waals surface area contributed by atoms with Gasteiger partial charge in [-0.3, -0.25) is 9.48 Å². The van der Waals surface area contributed by atoms with Crippen LogP contribution in [0.1, 0.15) is 29.2 Å². The average molecular weight is 453 g/mol. The van der Waals surface area contributed by atoms with Gasteiger partial charge in [-0.25, -0.2) is 9.50 Å². The Hall–Kier alpha value is -3.43. The minimum atomic E-state index is -0.333. The molecule has 9 nitrogen and oxygen atoms in total. The summed E-state index contributed by atoms with van der Waals surface area (Å²) in [4.78, 5) is 17.4. The summed E-state index contributed by atoms with van der Waals surface area (Å²) in [6.45, 7) is 1.32. The van der Waals surface area contributed by atoms with Crippen LogP contribution in [0.5, 0.6) is 5.75 Å². The van der Waals surface area contributed by atoms with E-state index in [-0.39, 0.29) is 11.9 Å². The van der Waals surface area contributed by atoms with Crippen molar-refractivity contribution in [3.05, 3.63) is 59.6 Å². The van der Waals surface area contributed by atoms with Crippen molar-refractivity contribution in [3.63, 3.8) is 0 Å². The number of halogens is 1. The van der Waals surface area contributed by atoms with E-state index in [4.69, 9.17) is 26.2 Å². The van der Waals surface area contributed by atoms with Gasteiger partial charge in [-0.15, -0.1) is 0 Å². The minimum absolute atomic E-state index is 0.0805. The topological polar surface area (TPSA) is 95.6 Å². The van der Waals surface area contributed by atoms with E-state index in [0.29, 0.717) is 45.5 Å². The molecule has 1 aliphatic heterocycles. The van der Waals surface area contributed by atoms with Crippen molar-refractivity contribution in [1.82, 2.24) is 24.4 Å². The molecule has 1 N–H and O–H groups in total. The Labute approximate surface area is 188 Å².